The second-order valence-electron chi connectivity index (χ2n) is 3.33. The molecule has 0 aromatic carbocycles. The minimum Gasteiger partial charge on any atom is -0.448 e. The summed E-state index contributed by atoms with van der Waals surface area (Å²) in [4.78, 5) is 0. The first-order valence-electron chi connectivity index (χ1n) is 5.34. The molecule has 1 atom stereocenters. The van der Waals surface area contributed by atoms with Crippen molar-refractivity contribution in [2.24, 2.45) is 0 Å². The third-order valence-corrected chi connectivity index (χ3v) is 2.22. The van der Waals surface area contributed by atoms with Crippen LogP contribution >= 0.6 is 11.6 Å². The van der Waals surface area contributed by atoms with E-state index in [0.717, 1.165) is 25.3 Å². The average molecular weight is 232 g/mol. The van der Waals surface area contributed by atoms with Crippen LogP contribution < -0.4 is 5.32 Å². The molecule has 1 heterocycles. The quantitative estimate of drug-likeness (QED) is 0.733. The van der Waals surface area contributed by atoms with Gasteiger partial charge in [-0.3, -0.25) is 0 Å². The second kappa shape index (κ2) is 6.88. The Hall–Kier alpha value is -0.510. The molecule has 1 rings (SSSR count). The van der Waals surface area contributed by atoms with Crippen LogP contribution in [0.2, 0.25) is 5.22 Å². The topological polar surface area (TPSA) is 34.4 Å². The summed E-state index contributed by atoms with van der Waals surface area (Å²) < 4.78 is 10.8. The van der Waals surface area contributed by atoms with Gasteiger partial charge < -0.3 is 14.5 Å². The highest BCUT2D eigenvalue weighted by Gasteiger charge is 2.14. The van der Waals surface area contributed by atoms with Crippen molar-refractivity contribution < 1.29 is 9.15 Å². The molecule has 1 unspecified atom stereocenters. The van der Waals surface area contributed by atoms with E-state index < -0.39 is 0 Å². The number of furan rings is 1. The van der Waals surface area contributed by atoms with Gasteiger partial charge in [0.25, 0.3) is 0 Å². The fraction of sp³-hybridized carbons (Fsp3) is 0.636. The van der Waals surface area contributed by atoms with Crippen molar-refractivity contribution >= 4 is 11.6 Å². The molecule has 0 aliphatic rings. The third kappa shape index (κ3) is 4.24. The van der Waals surface area contributed by atoms with Gasteiger partial charge in [0.15, 0.2) is 5.22 Å². The van der Waals surface area contributed by atoms with E-state index in [9.17, 15) is 0 Å². The van der Waals surface area contributed by atoms with Crippen molar-refractivity contribution in [2.75, 3.05) is 19.8 Å². The van der Waals surface area contributed by atoms with Gasteiger partial charge in [0.05, 0.1) is 12.6 Å². The zero-order valence-electron chi connectivity index (χ0n) is 9.25. The smallest absolute Gasteiger partial charge is 0.193 e. The molecule has 0 aliphatic heterocycles. The van der Waals surface area contributed by atoms with Crippen molar-refractivity contribution in [1.82, 2.24) is 5.32 Å². The predicted octanol–water partition coefficient (Wildman–Crippen LogP) is 3.01. The number of nitrogens with one attached hydrogen (secondary N) is 1. The van der Waals surface area contributed by atoms with Crippen molar-refractivity contribution in [3.05, 3.63) is 23.1 Å². The normalized spacial score (nSPS) is 13.0. The maximum absolute atomic E-state index is 5.73. The Labute approximate surface area is 95.7 Å². The SMILES string of the molecule is CCCOCC(NCC)c1ccc(Cl)o1. The summed E-state index contributed by atoms with van der Waals surface area (Å²) in [6.07, 6.45) is 1.03. The standard InChI is InChI=1S/C11H18ClNO2/c1-3-7-14-8-9(13-4-2)10-5-6-11(12)15-10/h5-6,9,13H,3-4,7-8H2,1-2H3. The fourth-order valence-electron chi connectivity index (χ4n) is 1.35. The Morgan fingerprint density at radius 3 is 2.80 bits per heavy atom. The fourth-order valence-corrected chi connectivity index (χ4v) is 1.50. The molecule has 3 nitrogen and oxygen atoms in total. The number of ether oxygens (including phenoxy) is 1. The van der Waals surface area contributed by atoms with Gasteiger partial charge in [-0.1, -0.05) is 13.8 Å². The molecular weight excluding hydrogens is 214 g/mol. The summed E-state index contributed by atoms with van der Waals surface area (Å²) in [6.45, 7) is 6.41. The molecule has 4 heteroatoms. The molecule has 1 N–H and O–H groups in total. The number of halogens is 1. The summed E-state index contributed by atoms with van der Waals surface area (Å²) in [6, 6.07) is 3.72. The summed E-state index contributed by atoms with van der Waals surface area (Å²) in [5, 5.41) is 3.71. The minimum atomic E-state index is 0.0917. The van der Waals surface area contributed by atoms with Crippen molar-refractivity contribution in [2.45, 2.75) is 26.3 Å². The Kier molecular flexibility index (Phi) is 5.76. The van der Waals surface area contributed by atoms with Crippen LogP contribution in [0.1, 0.15) is 32.1 Å². The summed E-state index contributed by atoms with van der Waals surface area (Å²) in [5.74, 6) is 0.831. The van der Waals surface area contributed by atoms with Crippen LogP contribution in [-0.4, -0.2) is 19.8 Å². The molecular formula is C11H18ClNO2. The van der Waals surface area contributed by atoms with Crippen molar-refractivity contribution in [3.8, 4) is 0 Å². The summed E-state index contributed by atoms with van der Waals surface area (Å²) in [7, 11) is 0. The van der Waals surface area contributed by atoms with Crippen LogP contribution in [0.4, 0.5) is 0 Å². The lowest BCUT2D eigenvalue weighted by Crippen LogP contribution is -2.25. The predicted molar refractivity (Wildman–Crippen MR) is 61.2 cm³/mol. The van der Waals surface area contributed by atoms with Gasteiger partial charge in [-0.2, -0.15) is 0 Å². The highest BCUT2D eigenvalue weighted by atomic mass is 35.5. The minimum absolute atomic E-state index is 0.0917. The third-order valence-electron chi connectivity index (χ3n) is 2.02. The van der Waals surface area contributed by atoms with Crippen LogP contribution in [0.5, 0.6) is 0 Å². The molecule has 0 spiro atoms. The van der Waals surface area contributed by atoms with E-state index in [4.69, 9.17) is 20.8 Å². The van der Waals surface area contributed by atoms with E-state index in [-0.39, 0.29) is 6.04 Å². The van der Waals surface area contributed by atoms with Crippen molar-refractivity contribution in [1.29, 1.82) is 0 Å². The molecule has 0 saturated heterocycles. The van der Waals surface area contributed by atoms with E-state index in [0.29, 0.717) is 11.8 Å². The molecule has 1 aromatic heterocycles. The molecule has 1 aromatic rings. The average Bonchev–Trinajstić information content (AvgIpc) is 2.64. The zero-order valence-corrected chi connectivity index (χ0v) is 10.0. The molecule has 0 aliphatic carbocycles. The Balaban J connectivity index is 2.49. The van der Waals surface area contributed by atoms with Crippen LogP contribution in [0.3, 0.4) is 0 Å². The lowest BCUT2D eigenvalue weighted by Gasteiger charge is -2.15. The van der Waals surface area contributed by atoms with Gasteiger partial charge in [0.1, 0.15) is 5.76 Å². The van der Waals surface area contributed by atoms with E-state index in [1.165, 1.54) is 0 Å². The molecule has 0 fully saturated rings. The first-order valence-corrected chi connectivity index (χ1v) is 5.72. The largest absolute Gasteiger partial charge is 0.448 e. The second-order valence-corrected chi connectivity index (χ2v) is 3.70. The van der Waals surface area contributed by atoms with Crippen LogP contribution in [0, 0.1) is 0 Å². The molecule has 0 saturated carbocycles. The zero-order chi connectivity index (χ0) is 11.1. The van der Waals surface area contributed by atoms with E-state index in [2.05, 4.69) is 19.2 Å². The van der Waals surface area contributed by atoms with E-state index in [1.807, 2.05) is 6.07 Å². The monoisotopic (exact) mass is 231 g/mol. The number of hydrogen-bond acceptors (Lipinski definition) is 3. The Morgan fingerprint density at radius 1 is 1.47 bits per heavy atom. The van der Waals surface area contributed by atoms with Gasteiger partial charge in [-0.05, 0) is 36.7 Å². The lowest BCUT2D eigenvalue weighted by molar-refractivity contribution is 0.106. The van der Waals surface area contributed by atoms with Gasteiger partial charge in [-0.25, -0.2) is 0 Å². The lowest BCUT2D eigenvalue weighted by atomic mass is 10.2. The van der Waals surface area contributed by atoms with Gasteiger partial charge >= 0.3 is 0 Å². The molecule has 0 amide bonds. The molecule has 0 radical (unpaired) electrons. The van der Waals surface area contributed by atoms with Crippen molar-refractivity contribution in [3.63, 3.8) is 0 Å². The number of rotatable bonds is 7. The number of hydrogen-bond donors (Lipinski definition) is 1. The molecule has 86 valence electrons. The summed E-state index contributed by atoms with van der Waals surface area (Å²) >= 11 is 5.73. The first-order chi connectivity index (χ1) is 7.27. The Bertz CT molecular complexity index is 275. The van der Waals surface area contributed by atoms with Crippen LogP contribution in [-0.2, 0) is 4.74 Å². The van der Waals surface area contributed by atoms with Gasteiger partial charge in [-0.15, -0.1) is 0 Å². The highest BCUT2D eigenvalue weighted by molar-refractivity contribution is 6.28. The maximum Gasteiger partial charge on any atom is 0.193 e. The highest BCUT2D eigenvalue weighted by Crippen LogP contribution is 2.20. The van der Waals surface area contributed by atoms with Crippen LogP contribution in [0.15, 0.2) is 16.5 Å². The van der Waals surface area contributed by atoms with E-state index in [1.54, 1.807) is 6.07 Å². The van der Waals surface area contributed by atoms with Gasteiger partial charge in [0, 0.05) is 6.61 Å². The molecule has 15 heavy (non-hydrogen) atoms. The maximum atomic E-state index is 5.73. The van der Waals surface area contributed by atoms with Gasteiger partial charge in [0.2, 0.25) is 0 Å². The van der Waals surface area contributed by atoms with Crippen LogP contribution in [0.25, 0.3) is 0 Å². The first kappa shape index (κ1) is 12.6. The van der Waals surface area contributed by atoms with E-state index >= 15 is 0 Å². The number of likely N-dealkylation sites (N-methyl/N-ethyl adjacent to an activating group) is 1. The Morgan fingerprint density at radius 2 is 2.27 bits per heavy atom. The summed E-state index contributed by atoms with van der Waals surface area (Å²) in [5.41, 5.74) is 0. The molecule has 0 bridgehead atoms.